The second-order valence-corrected chi connectivity index (χ2v) is 8.19. The summed E-state index contributed by atoms with van der Waals surface area (Å²) in [4.78, 5) is 12.8. The van der Waals surface area contributed by atoms with Crippen LogP contribution in [0.4, 0.5) is 0 Å². The van der Waals surface area contributed by atoms with Gasteiger partial charge in [0.05, 0.1) is 12.0 Å². The second-order valence-electron chi connectivity index (χ2n) is 8.19. The van der Waals surface area contributed by atoms with Gasteiger partial charge in [0.15, 0.2) is 17.3 Å². The summed E-state index contributed by atoms with van der Waals surface area (Å²) in [5.41, 5.74) is 4.38. The minimum absolute atomic E-state index is 0.0810. The molecule has 1 heterocycles. The minimum Gasteiger partial charge on any atom is -0.508 e. The van der Waals surface area contributed by atoms with Crippen LogP contribution in [0.3, 0.4) is 0 Å². The number of benzene rings is 2. The number of carbonyl (C=O) groups is 1. The summed E-state index contributed by atoms with van der Waals surface area (Å²) in [6, 6.07) is 6.31. The first-order valence-electron chi connectivity index (χ1n) is 10.0. The maximum Gasteiger partial charge on any atom is 0.170 e. The van der Waals surface area contributed by atoms with Crippen LogP contribution in [0.25, 0.3) is 0 Å². The fourth-order valence-electron chi connectivity index (χ4n) is 3.48. The maximum absolute atomic E-state index is 12.8. The normalized spacial score (nSPS) is 15.2. The fraction of sp³-hybridized carbons (Fsp3) is 0.320. The van der Waals surface area contributed by atoms with E-state index in [0.717, 1.165) is 11.1 Å². The lowest BCUT2D eigenvalue weighted by Gasteiger charge is -2.28. The summed E-state index contributed by atoms with van der Waals surface area (Å²) in [5.74, 6) is -0.0318. The van der Waals surface area contributed by atoms with Crippen LogP contribution in [0.15, 0.2) is 47.6 Å². The van der Waals surface area contributed by atoms with Gasteiger partial charge in [0.1, 0.15) is 17.6 Å². The summed E-state index contributed by atoms with van der Waals surface area (Å²) in [7, 11) is 0. The van der Waals surface area contributed by atoms with E-state index in [1.165, 1.54) is 12.1 Å². The predicted molar refractivity (Wildman–Crippen MR) is 116 cm³/mol. The van der Waals surface area contributed by atoms with Crippen molar-refractivity contribution in [2.24, 2.45) is 0 Å². The molecule has 3 N–H and O–H groups in total. The molecular weight excluding hydrogens is 380 g/mol. The minimum atomic E-state index is -0.616. The third kappa shape index (κ3) is 4.51. The highest BCUT2D eigenvalue weighted by Crippen LogP contribution is 2.43. The quantitative estimate of drug-likeness (QED) is 0.447. The van der Waals surface area contributed by atoms with Gasteiger partial charge in [-0.3, -0.25) is 4.79 Å². The largest absolute Gasteiger partial charge is 0.508 e. The molecule has 0 amide bonds. The third-order valence-corrected chi connectivity index (χ3v) is 5.17. The van der Waals surface area contributed by atoms with Gasteiger partial charge < -0.3 is 20.1 Å². The number of Topliss-reactive ketones (excluding diaryl/α,β-unsaturated/α-hetero) is 1. The van der Waals surface area contributed by atoms with Gasteiger partial charge >= 0.3 is 0 Å². The number of ether oxygens (including phenoxy) is 1. The smallest absolute Gasteiger partial charge is 0.170 e. The lowest BCUT2D eigenvalue weighted by Crippen LogP contribution is -2.21. The highest BCUT2D eigenvalue weighted by atomic mass is 16.5. The van der Waals surface area contributed by atoms with Crippen LogP contribution in [0.5, 0.6) is 23.0 Å². The van der Waals surface area contributed by atoms with Crippen LogP contribution < -0.4 is 4.74 Å². The molecule has 5 nitrogen and oxygen atoms in total. The first-order valence-corrected chi connectivity index (χ1v) is 10.0. The zero-order valence-electron chi connectivity index (χ0n) is 17.8. The lowest BCUT2D eigenvalue weighted by molar-refractivity contribution is 0.0847. The van der Waals surface area contributed by atoms with E-state index in [4.69, 9.17) is 4.74 Å². The summed E-state index contributed by atoms with van der Waals surface area (Å²) in [6.45, 7) is 7.85. The number of hydrogen-bond donors (Lipinski definition) is 3. The standard InChI is InChI=1S/C25H28O5/c1-14(2)5-7-16-11-17(12-22(28)24(16)29)23-13-21(27)19-9-10-20(26)18(25(19)30-23)8-6-15(3)4/h5-6,9-12,23,26,28-29H,7-8,13H2,1-4H3. The Bertz CT molecular complexity index is 1040. The monoisotopic (exact) mass is 408 g/mol. The number of allylic oxidation sites excluding steroid dienone is 4. The number of aromatic hydroxyl groups is 3. The van der Waals surface area contributed by atoms with E-state index in [1.807, 2.05) is 39.8 Å². The van der Waals surface area contributed by atoms with Crippen molar-refractivity contribution in [3.05, 3.63) is 69.8 Å². The molecule has 0 bridgehead atoms. The van der Waals surface area contributed by atoms with Crippen LogP contribution in [-0.4, -0.2) is 21.1 Å². The highest BCUT2D eigenvalue weighted by molar-refractivity contribution is 6.00. The van der Waals surface area contributed by atoms with Crippen molar-refractivity contribution in [3.63, 3.8) is 0 Å². The molecule has 0 spiro atoms. The number of phenols is 3. The van der Waals surface area contributed by atoms with Crippen LogP contribution >= 0.6 is 0 Å². The van der Waals surface area contributed by atoms with E-state index < -0.39 is 6.10 Å². The molecule has 0 saturated heterocycles. The molecule has 0 radical (unpaired) electrons. The first-order chi connectivity index (χ1) is 14.2. The number of ketones is 1. The number of rotatable bonds is 5. The highest BCUT2D eigenvalue weighted by Gasteiger charge is 2.31. The second kappa shape index (κ2) is 8.66. The Morgan fingerprint density at radius 3 is 2.33 bits per heavy atom. The van der Waals surface area contributed by atoms with Gasteiger partial charge in [0, 0.05) is 11.1 Å². The molecular formula is C25H28O5. The molecule has 0 aliphatic carbocycles. The predicted octanol–water partition coefficient (Wildman–Crippen LogP) is 5.53. The molecule has 0 saturated carbocycles. The molecule has 5 heteroatoms. The fourth-order valence-corrected chi connectivity index (χ4v) is 3.48. The van der Waals surface area contributed by atoms with Crippen LogP contribution in [0.2, 0.25) is 0 Å². The molecule has 1 atom stereocenters. The lowest BCUT2D eigenvalue weighted by atomic mass is 9.92. The van der Waals surface area contributed by atoms with Gasteiger partial charge in [-0.2, -0.15) is 0 Å². The van der Waals surface area contributed by atoms with Crippen LogP contribution in [0, 0.1) is 0 Å². The molecule has 0 aromatic heterocycles. The van der Waals surface area contributed by atoms with Gasteiger partial charge in [0.2, 0.25) is 0 Å². The molecule has 30 heavy (non-hydrogen) atoms. The van der Waals surface area contributed by atoms with Gasteiger partial charge in [-0.15, -0.1) is 0 Å². The Morgan fingerprint density at radius 1 is 1.00 bits per heavy atom. The van der Waals surface area contributed by atoms with Crippen molar-refractivity contribution in [3.8, 4) is 23.0 Å². The molecule has 1 aliphatic rings. The maximum atomic E-state index is 12.8. The zero-order valence-corrected chi connectivity index (χ0v) is 17.8. The van der Waals surface area contributed by atoms with Gasteiger partial charge in [-0.05, 0) is 70.4 Å². The van der Waals surface area contributed by atoms with Gasteiger partial charge in [-0.25, -0.2) is 0 Å². The SMILES string of the molecule is CC(C)=CCc1cc(C2CC(=O)c3ccc(O)c(CC=C(C)C)c3O2)cc(O)c1O. The molecule has 2 aromatic rings. The molecule has 0 fully saturated rings. The van der Waals surface area contributed by atoms with E-state index in [2.05, 4.69) is 0 Å². The van der Waals surface area contributed by atoms with E-state index in [9.17, 15) is 20.1 Å². The molecule has 1 aliphatic heterocycles. The van der Waals surface area contributed by atoms with Crippen molar-refractivity contribution < 1.29 is 24.9 Å². The van der Waals surface area contributed by atoms with E-state index in [0.29, 0.717) is 40.8 Å². The van der Waals surface area contributed by atoms with Crippen molar-refractivity contribution in [2.45, 2.75) is 53.1 Å². The van der Waals surface area contributed by atoms with Crippen molar-refractivity contribution in [1.29, 1.82) is 0 Å². The van der Waals surface area contributed by atoms with Crippen molar-refractivity contribution in [2.75, 3.05) is 0 Å². The van der Waals surface area contributed by atoms with E-state index in [-0.39, 0.29) is 29.5 Å². The van der Waals surface area contributed by atoms with Crippen molar-refractivity contribution in [1.82, 2.24) is 0 Å². The summed E-state index contributed by atoms with van der Waals surface area (Å²) in [6.07, 6.45) is 4.33. The van der Waals surface area contributed by atoms with Gasteiger partial charge in [0.25, 0.3) is 0 Å². The average Bonchev–Trinajstić information content (AvgIpc) is 2.67. The number of carbonyl (C=O) groups excluding carboxylic acids is 1. The zero-order chi connectivity index (χ0) is 22.0. The molecule has 2 aromatic carbocycles. The number of phenolic OH excluding ortho intramolecular Hbond substituents is 3. The molecule has 1 unspecified atom stereocenters. The topological polar surface area (TPSA) is 87.0 Å². The van der Waals surface area contributed by atoms with Crippen LogP contribution in [0.1, 0.15) is 67.3 Å². The van der Waals surface area contributed by atoms with Crippen molar-refractivity contribution >= 4 is 5.78 Å². The Labute approximate surface area is 177 Å². The first kappa shape index (κ1) is 21.5. The van der Waals surface area contributed by atoms with Gasteiger partial charge in [-0.1, -0.05) is 23.3 Å². The van der Waals surface area contributed by atoms with E-state index in [1.54, 1.807) is 12.1 Å². The third-order valence-electron chi connectivity index (χ3n) is 5.17. The Kier molecular flexibility index (Phi) is 6.20. The Balaban J connectivity index is 2.02. The summed E-state index contributed by atoms with van der Waals surface area (Å²) in [5, 5.41) is 30.8. The van der Waals surface area contributed by atoms with E-state index >= 15 is 0 Å². The van der Waals surface area contributed by atoms with Crippen LogP contribution in [-0.2, 0) is 12.8 Å². The summed E-state index contributed by atoms with van der Waals surface area (Å²) >= 11 is 0. The molecule has 3 rings (SSSR count). The Hall–Kier alpha value is -3.21. The number of hydrogen-bond acceptors (Lipinski definition) is 5. The molecule has 158 valence electrons. The Morgan fingerprint density at radius 2 is 1.67 bits per heavy atom. The average molecular weight is 408 g/mol. The number of fused-ring (bicyclic) bond motifs is 1. The summed E-state index contributed by atoms with van der Waals surface area (Å²) < 4.78 is 6.19.